The van der Waals surface area contributed by atoms with Gasteiger partial charge in [0, 0.05) is 10.9 Å². The van der Waals surface area contributed by atoms with Gasteiger partial charge in [-0.1, -0.05) is 65.1 Å². The van der Waals surface area contributed by atoms with Gasteiger partial charge in [0.1, 0.15) is 16.6 Å². The minimum atomic E-state index is -0.760. The van der Waals surface area contributed by atoms with Gasteiger partial charge in [-0.3, -0.25) is 0 Å². The number of aromatic nitrogens is 2. The maximum absolute atomic E-state index is 12.2. The van der Waals surface area contributed by atoms with E-state index in [1.807, 2.05) is 35.7 Å². The number of thiazole rings is 1. The summed E-state index contributed by atoms with van der Waals surface area (Å²) in [6.07, 6.45) is 0. The molecular formula is C16H10Cl3N3O2S. The number of carbonyl (C=O) groups excluding carboxylic acids is 1. The van der Waals surface area contributed by atoms with Crippen LogP contribution in [-0.2, 0) is 11.3 Å². The van der Waals surface area contributed by atoms with Crippen molar-refractivity contribution < 1.29 is 9.53 Å². The van der Waals surface area contributed by atoms with Crippen molar-refractivity contribution in [3.05, 3.63) is 62.3 Å². The zero-order chi connectivity index (χ0) is 18.0. The molecule has 128 valence electrons. The van der Waals surface area contributed by atoms with E-state index in [0.717, 1.165) is 10.6 Å². The molecule has 25 heavy (non-hydrogen) atoms. The highest BCUT2D eigenvalue weighted by molar-refractivity contribution is 7.13. The molecule has 0 fully saturated rings. The number of ether oxygens (including phenoxy) is 1. The minimum Gasteiger partial charge on any atom is -0.454 e. The van der Waals surface area contributed by atoms with Crippen LogP contribution in [0.4, 0.5) is 5.69 Å². The van der Waals surface area contributed by atoms with Gasteiger partial charge in [-0.2, -0.15) is 0 Å². The number of nitrogen functional groups attached to an aromatic ring is 1. The van der Waals surface area contributed by atoms with Crippen LogP contribution in [0, 0.1) is 0 Å². The van der Waals surface area contributed by atoms with E-state index in [0.29, 0.717) is 5.69 Å². The molecule has 0 aliphatic carbocycles. The molecule has 2 heterocycles. The van der Waals surface area contributed by atoms with Gasteiger partial charge in [0.25, 0.3) is 0 Å². The lowest BCUT2D eigenvalue weighted by atomic mass is 10.2. The molecule has 0 unspecified atom stereocenters. The molecule has 0 aliphatic rings. The van der Waals surface area contributed by atoms with Crippen LogP contribution in [0.2, 0.25) is 15.2 Å². The summed E-state index contributed by atoms with van der Waals surface area (Å²) in [5.41, 5.74) is 7.09. The molecule has 3 aromatic rings. The molecule has 0 aliphatic heterocycles. The fraction of sp³-hybridized carbons (Fsp3) is 0.0625. The van der Waals surface area contributed by atoms with E-state index in [-0.39, 0.29) is 33.2 Å². The lowest BCUT2D eigenvalue weighted by Crippen LogP contribution is -2.10. The van der Waals surface area contributed by atoms with E-state index in [2.05, 4.69) is 9.97 Å². The second-order valence-corrected chi connectivity index (χ2v) is 6.85. The Kier molecular flexibility index (Phi) is 5.44. The van der Waals surface area contributed by atoms with Gasteiger partial charge in [0.2, 0.25) is 0 Å². The highest BCUT2D eigenvalue weighted by Crippen LogP contribution is 2.34. The Morgan fingerprint density at radius 2 is 1.84 bits per heavy atom. The van der Waals surface area contributed by atoms with Crippen LogP contribution in [0.3, 0.4) is 0 Å². The monoisotopic (exact) mass is 413 g/mol. The van der Waals surface area contributed by atoms with Crippen LogP contribution in [0.15, 0.2) is 35.7 Å². The predicted molar refractivity (Wildman–Crippen MR) is 100 cm³/mol. The molecule has 2 N–H and O–H groups in total. The number of pyridine rings is 1. The van der Waals surface area contributed by atoms with Crippen LogP contribution >= 0.6 is 46.1 Å². The predicted octanol–water partition coefficient (Wildman–Crippen LogP) is 5.10. The van der Waals surface area contributed by atoms with Gasteiger partial charge in [0.15, 0.2) is 10.8 Å². The lowest BCUT2D eigenvalue weighted by Gasteiger charge is -2.08. The Labute approximate surface area is 162 Å². The quantitative estimate of drug-likeness (QED) is 0.474. The first-order chi connectivity index (χ1) is 12.0. The van der Waals surface area contributed by atoms with Crippen molar-refractivity contribution in [1.82, 2.24) is 9.97 Å². The number of esters is 1. The van der Waals surface area contributed by atoms with Crippen LogP contribution in [-0.4, -0.2) is 15.9 Å². The number of halogens is 3. The summed E-state index contributed by atoms with van der Waals surface area (Å²) < 4.78 is 5.20. The van der Waals surface area contributed by atoms with Gasteiger partial charge in [-0.25, -0.2) is 14.8 Å². The van der Waals surface area contributed by atoms with Crippen molar-refractivity contribution in [1.29, 1.82) is 0 Å². The van der Waals surface area contributed by atoms with E-state index in [1.165, 1.54) is 11.3 Å². The Bertz CT molecular complexity index is 932. The van der Waals surface area contributed by atoms with Crippen molar-refractivity contribution in [2.45, 2.75) is 6.61 Å². The van der Waals surface area contributed by atoms with Gasteiger partial charge < -0.3 is 10.5 Å². The van der Waals surface area contributed by atoms with E-state index in [1.54, 1.807) is 0 Å². The molecule has 3 rings (SSSR count). The number of nitrogens with zero attached hydrogens (tertiary/aromatic N) is 2. The topological polar surface area (TPSA) is 78.1 Å². The van der Waals surface area contributed by atoms with E-state index < -0.39 is 5.97 Å². The van der Waals surface area contributed by atoms with Crippen LogP contribution in [0.5, 0.6) is 0 Å². The number of hydrogen-bond donors (Lipinski definition) is 1. The third-order valence-electron chi connectivity index (χ3n) is 3.19. The van der Waals surface area contributed by atoms with Crippen molar-refractivity contribution in [3.8, 4) is 10.6 Å². The SMILES string of the molecule is Nc1c(Cl)c(Cl)nc(C(=O)OCc2csc(-c3ccccc3)n2)c1Cl. The Balaban J connectivity index is 1.73. The number of carbonyl (C=O) groups is 1. The van der Waals surface area contributed by atoms with Gasteiger partial charge >= 0.3 is 5.97 Å². The number of hydrogen-bond acceptors (Lipinski definition) is 6. The molecule has 0 bridgehead atoms. The normalized spacial score (nSPS) is 10.7. The minimum absolute atomic E-state index is 0.00443. The van der Waals surface area contributed by atoms with Crippen LogP contribution in [0.25, 0.3) is 10.6 Å². The van der Waals surface area contributed by atoms with E-state index in [4.69, 9.17) is 45.3 Å². The molecule has 0 radical (unpaired) electrons. The summed E-state index contributed by atoms with van der Waals surface area (Å²) >= 11 is 19.1. The van der Waals surface area contributed by atoms with Gasteiger partial charge in [-0.15, -0.1) is 11.3 Å². The Morgan fingerprint density at radius 1 is 1.12 bits per heavy atom. The molecule has 0 spiro atoms. The lowest BCUT2D eigenvalue weighted by molar-refractivity contribution is 0.0462. The molecule has 1 aromatic carbocycles. The second kappa shape index (κ2) is 7.58. The first kappa shape index (κ1) is 17.9. The highest BCUT2D eigenvalue weighted by atomic mass is 35.5. The summed E-state index contributed by atoms with van der Waals surface area (Å²) in [5.74, 6) is -0.760. The molecular weight excluding hydrogens is 405 g/mol. The second-order valence-electron chi connectivity index (χ2n) is 4.88. The van der Waals surface area contributed by atoms with Crippen LogP contribution < -0.4 is 5.73 Å². The van der Waals surface area contributed by atoms with Crippen molar-refractivity contribution in [2.24, 2.45) is 0 Å². The fourth-order valence-electron chi connectivity index (χ4n) is 1.96. The zero-order valence-corrected chi connectivity index (χ0v) is 15.6. The van der Waals surface area contributed by atoms with Crippen molar-refractivity contribution in [2.75, 3.05) is 5.73 Å². The maximum atomic E-state index is 12.2. The molecule has 0 saturated heterocycles. The number of rotatable bonds is 4. The molecule has 2 aromatic heterocycles. The molecule has 0 amide bonds. The molecule has 0 saturated carbocycles. The standard InChI is InChI=1S/C16H10Cl3N3O2S/c17-10-12(20)11(18)14(19)22-13(10)16(23)24-6-9-7-25-15(21-9)8-4-2-1-3-5-8/h1-5,7H,6H2,(H2,20,22). The Hall–Kier alpha value is -1.86. The average molecular weight is 415 g/mol. The van der Waals surface area contributed by atoms with Gasteiger partial charge in [-0.05, 0) is 0 Å². The number of anilines is 1. The summed E-state index contributed by atoms with van der Waals surface area (Å²) in [6, 6.07) is 9.70. The first-order valence-electron chi connectivity index (χ1n) is 6.94. The van der Waals surface area contributed by atoms with Crippen molar-refractivity contribution in [3.63, 3.8) is 0 Å². The largest absolute Gasteiger partial charge is 0.454 e. The Morgan fingerprint density at radius 3 is 2.56 bits per heavy atom. The number of nitrogens with two attached hydrogens (primary N) is 1. The smallest absolute Gasteiger partial charge is 0.359 e. The first-order valence-corrected chi connectivity index (χ1v) is 8.95. The van der Waals surface area contributed by atoms with Gasteiger partial charge in [0.05, 0.1) is 16.4 Å². The average Bonchev–Trinajstić information content (AvgIpc) is 3.11. The highest BCUT2D eigenvalue weighted by Gasteiger charge is 2.21. The number of benzene rings is 1. The third kappa shape index (κ3) is 3.88. The molecule has 0 atom stereocenters. The van der Waals surface area contributed by atoms with E-state index in [9.17, 15) is 4.79 Å². The zero-order valence-electron chi connectivity index (χ0n) is 12.5. The summed E-state index contributed by atoms with van der Waals surface area (Å²) in [4.78, 5) is 20.4. The fourth-order valence-corrected chi connectivity index (χ4v) is 3.36. The van der Waals surface area contributed by atoms with Crippen molar-refractivity contribution >= 4 is 57.8 Å². The molecule has 5 nitrogen and oxygen atoms in total. The summed E-state index contributed by atoms with van der Waals surface area (Å²) in [6.45, 7) is -0.0275. The summed E-state index contributed by atoms with van der Waals surface area (Å²) in [5, 5.41) is 2.43. The third-order valence-corrected chi connectivity index (χ3v) is 5.26. The maximum Gasteiger partial charge on any atom is 0.359 e. The summed E-state index contributed by atoms with van der Waals surface area (Å²) in [7, 11) is 0. The van der Waals surface area contributed by atoms with E-state index >= 15 is 0 Å². The van der Waals surface area contributed by atoms with Crippen LogP contribution in [0.1, 0.15) is 16.2 Å². The molecule has 9 heteroatoms.